The SMILES string of the molecule is Cc1c2c(=O)n(-c3cnccn3)n(Cc3ccc(F)cc3)c2cc(=O)n1Cc1cccc(Cl)n1. The maximum Gasteiger partial charge on any atom is 0.282 e. The van der Waals surface area contributed by atoms with Crippen molar-refractivity contribution in [3.8, 4) is 5.82 Å². The lowest BCUT2D eigenvalue weighted by molar-refractivity contribution is 0.596. The number of aryl methyl sites for hydroxylation is 1. The lowest BCUT2D eigenvalue weighted by Gasteiger charge is -2.13. The molecule has 0 bridgehead atoms. The maximum absolute atomic E-state index is 13.6. The fraction of sp³-hybridized carbons (Fsp3) is 0.125. The van der Waals surface area contributed by atoms with Crippen molar-refractivity contribution >= 4 is 22.5 Å². The van der Waals surface area contributed by atoms with E-state index in [1.54, 1.807) is 41.9 Å². The average molecular weight is 477 g/mol. The van der Waals surface area contributed by atoms with E-state index in [0.717, 1.165) is 5.56 Å². The summed E-state index contributed by atoms with van der Waals surface area (Å²) >= 11 is 6.00. The molecular formula is C24H18ClFN6O2. The van der Waals surface area contributed by atoms with E-state index >= 15 is 0 Å². The highest BCUT2D eigenvalue weighted by Crippen LogP contribution is 2.19. The quantitative estimate of drug-likeness (QED) is 0.363. The van der Waals surface area contributed by atoms with Crippen molar-refractivity contribution in [2.45, 2.75) is 20.0 Å². The second-order valence-corrected chi connectivity index (χ2v) is 8.12. The lowest BCUT2D eigenvalue weighted by Crippen LogP contribution is -2.24. The highest BCUT2D eigenvalue weighted by Gasteiger charge is 2.21. The molecule has 8 nitrogen and oxygen atoms in total. The number of aromatic nitrogens is 6. The average Bonchev–Trinajstić information content (AvgIpc) is 3.09. The Morgan fingerprint density at radius 1 is 1.03 bits per heavy atom. The standard InChI is InChI=1S/C24H18ClFN6O2/c1-15-23-19(11-22(33)30(15)14-18-3-2-4-20(25)29-18)31(13-16-5-7-17(26)8-6-16)32(24(23)34)21-12-27-9-10-28-21/h2-12H,13-14H2,1H3. The molecule has 1 aromatic carbocycles. The van der Waals surface area contributed by atoms with Gasteiger partial charge in [0.15, 0.2) is 5.82 Å². The van der Waals surface area contributed by atoms with Gasteiger partial charge in [0.05, 0.1) is 35.9 Å². The highest BCUT2D eigenvalue weighted by atomic mass is 35.5. The molecule has 5 rings (SSSR count). The first-order chi connectivity index (χ1) is 16.4. The van der Waals surface area contributed by atoms with E-state index in [1.807, 2.05) is 0 Å². The van der Waals surface area contributed by atoms with Gasteiger partial charge in [0.2, 0.25) is 0 Å². The van der Waals surface area contributed by atoms with Crippen LogP contribution in [0.2, 0.25) is 5.15 Å². The molecule has 0 aliphatic rings. The minimum absolute atomic E-state index is 0.162. The Labute approximate surface area is 197 Å². The normalized spacial score (nSPS) is 11.3. The van der Waals surface area contributed by atoms with Crippen molar-refractivity contribution in [2.24, 2.45) is 0 Å². The first-order valence-electron chi connectivity index (χ1n) is 10.4. The van der Waals surface area contributed by atoms with Crippen LogP contribution in [0.1, 0.15) is 17.0 Å². The summed E-state index contributed by atoms with van der Waals surface area (Å²) in [6, 6.07) is 12.5. The predicted octanol–water partition coefficient (Wildman–Crippen LogP) is 3.34. The number of benzene rings is 1. The van der Waals surface area contributed by atoms with Gasteiger partial charge in [-0.05, 0) is 36.8 Å². The summed E-state index contributed by atoms with van der Waals surface area (Å²) < 4.78 is 18.0. The van der Waals surface area contributed by atoms with Crippen LogP contribution in [0.3, 0.4) is 0 Å². The molecule has 0 spiro atoms. The van der Waals surface area contributed by atoms with Crippen molar-refractivity contribution in [3.63, 3.8) is 0 Å². The molecule has 0 fully saturated rings. The Bertz CT molecular complexity index is 1620. The molecule has 4 heterocycles. The third kappa shape index (κ3) is 3.90. The molecule has 0 aliphatic heterocycles. The highest BCUT2D eigenvalue weighted by molar-refractivity contribution is 6.29. The molecule has 5 aromatic rings. The summed E-state index contributed by atoms with van der Waals surface area (Å²) in [6.07, 6.45) is 4.46. The Morgan fingerprint density at radius 2 is 1.82 bits per heavy atom. The van der Waals surface area contributed by atoms with E-state index in [4.69, 9.17) is 11.6 Å². The fourth-order valence-electron chi connectivity index (χ4n) is 3.99. The van der Waals surface area contributed by atoms with Crippen LogP contribution in [0, 0.1) is 12.7 Å². The predicted molar refractivity (Wildman–Crippen MR) is 126 cm³/mol. The van der Waals surface area contributed by atoms with Crippen molar-refractivity contribution in [1.82, 2.24) is 28.9 Å². The van der Waals surface area contributed by atoms with Crippen LogP contribution < -0.4 is 11.1 Å². The van der Waals surface area contributed by atoms with Crippen molar-refractivity contribution in [2.75, 3.05) is 0 Å². The first kappa shape index (κ1) is 21.7. The second-order valence-electron chi connectivity index (χ2n) is 7.73. The van der Waals surface area contributed by atoms with Crippen LogP contribution >= 0.6 is 11.6 Å². The van der Waals surface area contributed by atoms with E-state index in [-0.39, 0.29) is 30.0 Å². The summed E-state index contributed by atoms with van der Waals surface area (Å²) in [5.41, 5.74) is 1.64. The van der Waals surface area contributed by atoms with Gasteiger partial charge in [-0.2, -0.15) is 4.68 Å². The number of halogens is 2. The molecule has 4 aromatic heterocycles. The van der Waals surface area contributed by atoms with Gasteiger partial charge in [-0.25, -0.2) is 14.4 Å². The van der Waals surface area contributed by atoms with Gasteiger partial charge in [-0.3, -0.25) is 19.3 Å². The van der Waals surface area contributed by atoms with Gasteiger partial charge < -0.3 is 4.57 Å². The zero-order valence-corrected chi connectivity index (χ0v) is 18.8. The summed E-state index contributed by atoms with van der Waals surface area (Å²) in [5, 5.41) is 0.689. The number of rotatable bonds is 5. The molecule has 0 unspecified atom stereocenters. The van der Waals surface area contributed by atoms with Gasteiger partial charge >= 0.3 is 0 Å². The summed E-state index contributed by atoms with van der Waals surface area (Å²) in [5.74, 6) is -0.0542. The maximum atomic E-state index is 13.6. The Kier molecular flexibility index (Phi) is 5.54. The van der Waals surface area contributed by atoms with Gasteiger partial charge in [-0.1, -0.05) is 29.8 Å². The number of hydrogen-bond donors (Lipinski definition) is 0. The molecule has 0 aliphatic carbocycles. The molecule has 10 heteroatoms. The largest absolute Gasteiger partial charge is 0.306 e. The second kappa shape index (κ2) is 8.68. The third-order valence-electron chi connectivity index (χ3n) is 5.58. The van der Waals surface area contributed by atoms with Crippen LogP contribution in [0.5, 0.6) is 0 Å². The third-order valence-corrected chi connectivity index (χ3v) is 5.79. The van der Waals surface area contributed by atoms with Crippen molar-refractivity contribution in [3.05, 3.63) is 116 Å². The number of hydrogen-bond acceptors (Lipinski definition) is 5. The van der Waals surface area contributed by atoms with Crippen LogP contribution in [0.15, 0.2) is 76.7 Å². The monoisotopic (exact) mass is 476 g/mol. The summed E-state index contributed by atoms with van der Waals surface area (Å²) in [7, 11) is 0. The van der Waals surface area contributed by atoms with Crippen LogP contribution in [-0.2, 0) is 13.1 Å². The number of pyridine rings is 2. The van der Waals surface area contributed by atoms with E-state index in [2.05, 4.69) is 15.0 Å². The molecule has 170 valence electrons. The Morgan fingerprint density at radius 3 is 2.53 bits per heavy atom. The van der Waals surface area contributed by atoms with E-state index < -0.39 is 0 Å². The van der Waals surface area contributed by atoms with Gasteiger partial charge in [-0.15, -0.1) is 0 Å². The summed E-state index contributed by atoms with van der Waals surface area (Å²) in [4.78, 5) is 39.4. The number of fused-ring (bicyclic) bond motifs is 1. The topological polar surface area (TPSA) is 87.6 Å². The summed E-state index contributed by atoms with van der Waals surface area (Å²) in [6.45, 7) is 2.10. The minimum atomic E-state index is -0.360. The first-order valence-corrected chi connectivity index (χ1v) is 10.8. The molecule has 34 heavy (non-hydrogen) atoms. The molecule has 0 amide bonds. The molecular weight excluding hydrogens is 459 g/mol. The van der Waals surface area contributed by atoms with Crippen LogP contribution in [0.4, 0.5) is 4.39 Å². The number of nitrogens with zero attached hydrogens (tertiary/aromatic N) is 6. The van der Waals surface area contributed by atoms with E-state index in [1.165, 1.54) is 46.0 Å². The van der Waals surface area contributed by atoms with Crippen LogP contribution in [0.25, 0.3) is 16.7 Å². The zero-order chi connectivity index (χ0) is 23.8. The molecule has 0 N–H and O–H groups in total. The molecule has 0 saturated carbocycles. The molecule has 0 radical (unpaired) electrons. The van der Waals surface area contributed by atoms with Gasteiger partial charge in [0, 0.05) is 24.2 Å². The molecule has 0 atom stereocenters. The zero-order valence-electron chi connectivity index (χ0n) is 18.0. The Hall–Kier alpha value is -4.11. The van der Waals surface area contributed by atoms with E-state index in [9.17, 15) is 14.0 Å². The van der Waals surface area contributed by atoms with Gasteiger partial charge in [0.1, 0.15) is 11.0 Å². The van der Waals surface area contributed by atoms with Crippen molar-refractivity contribution in [1.29, 1.82) is 0 Å². The molecule has 0 saturated heterocycles. The van der Waals surface area contributed by atoms with E-state index in [0.29, 0.717) is 33.3 Å². The van der Waals surface area contributed by atoms with Crippen molar-refractivity contribution < 1.29 is 4.39 Å². The van der Waals surface area contributed by atoms with Gasteiger partial charge in [0.25, 0.3) is 11.1 Å². The minimum Gasteiger partial charge on any atom is -0.306 e. The lowest BCUT2D eigenvalue weighted by atomic mass is 10.2. The fourth-order valence-corrected chi connectivity index (χ4v) is 4.17. The Balaban J connectivity index is 1.75. The smallest absolute Gasteiger partial charge is 0.282 e. The van der Waals surface area contributed by atoms with Crippen LogP contribution in [-0.4, -0.2) is 28.9 Å².